The number of esters is 1. The Hall–Kier alpha value is -3.83. The van der Waals surface area contributed by atoms with Gasteiger partial charge in [-0.25, -0.2) is 4.79 Å². The summed E-state index contributed by atoms with van der Waals surface area (Å²) < 4.78 is 12.6. The average Bonchev–Trinajstić information content (AvgIpc) is 3.89. The zero-order chi connectivity index (χ0) is 38.7. The number of benzene rings is 1. The number of carbonyl (C=O) groups is 3. The van der Waals surface area contributed by atoms with Gasteiger partial charge in [-0.2, -0.15) is 0 Å². The summed E-state index contributed by atoms with van der Waals surface area (Å²) in [5, 5.41) is 24.1. The molecule has 4 bridgehead atoms. The minimum absolute atomic E-state index is 0.00610. The van der Waals surface area contributed by atoms with Crippen LogP contribution in [0.2, 0.25) is 0 Å². The number of fused-ring (bicyclic) bond motifs is 1. The monoisotopic (exact) mass is 752 g/mol. The molecule has 10 nitrogen and oxygen atoms in total. The van der Waals surface area contributed by atoms with Gasteiger partial charge < -0.3 is 35.8 Å². The summed E-state index contributed by atoms with van der Waals surface area (Å²) in [6, 6.07) is 5.46. The number of Topliss-reactive ketones (excluding diaryl/α,β-unsaturated/α-hetero) is 2. The summed E-state index contributed by atoms with van der Waals surface area (Å²) >= 11 is 0. The third-order valence-corrected chi connectivity index (χ3v) is 13.1. The Bertz CT molecular complexity index is 1830. The number of epoxide rings is 1. The van der Waals surface area contributed by atoms with Crippen LogP contribution in [0.1, 0.15) is 105 Å². The van der Waals surface area contributed by atoms with Gasteiger partial charge in [0.1, 0.15) is 5.82 Å². The Morgan fingerprint density at radius 3 is 2.75 bits per heavy atom. The van der Waals surface area contributed by atoms with Gasteiger partial charge in [0.15, 0.2) is 11.4 Å². The van der Waals surface area contributed by atoms with Gasteiger partial charge in [0.05, 0.1) is 19.9 Å². The number of cyclic esters (lactones) is 1. The Labute approximate surface area is 326 Å². The van der Waals surface area contributed by atoms with E-state index in [9.17, 15) is 19.5 Å². The first kappa shape index (κ1) is 39.4. The molecule has 1 aromatic carbocycles. The van der Waals surface area contributed by atoms with Crippen molar-refractivity contribution in [1.29, 1.82) is 0 Å². The molecule has 3 heterocycles. The van der Waals surface area contributed by atoms with Gasteiger partial charge in [-0.15, -0.1) is 0 Å². The second-order valence-corrected chi connectivity index (χ2v) is 16.7. The molecule has 1 aromatic rings. The van der Waals surface area contributed by atoms with Crippen molar-refractivity contribution in [2.24, 2.45) is 23.7 Å². The van der Waals surface area contributed by atoms with Crippen LogP contribution in [0, 0.1) is 23.7 Å². The first-order chi connectivity index (χ1) is 26.6. The highest BCUT2D eigenvalue weighted by Crippen LogP contribution is 2.60. The molecule has 1 saturated heterocycles. The number of dihydropyridines is 1. The fraction of sp³-hybridized carbons (Fsp3) is 0.578. The Kier molecular flexibility index (Phi) is 12.0. The molecule has 0 radical (unpaired) electrons. The van der Waals surface area contributed by atoms with E-state index in [0.717, 1.165) is 74.0 Å². The summed E-state index contributed by atoms with van der Waals surface area (Å²) in [4.78, 5) is 44.4. The number of hydrogen-bond donors (Lipinski definition) is 5. The van der Waals surface area contributed by atoms with E-state index in [1.165, 1.54) is 5.57 Å². The molecule has 7 atom stereocenters. The molecule has 55 heavy (non-hydrogen) atoms. The molecule has 1 spiro atoms. The second-order valence-electron chi connectivity index (χ2n) is 16.7. The maximum Gasteiger partial charge on any atom is 0.350 e. The summed E-state index contributed by atoms with van der Waals surface area (Å²) in [7, 11) is 1.88. The van der Waals surface area contributed by atoms with Crippen molar-refractivity contribution >= 4 is 17.5 Å². The van der Waals surface area contributed by atoms with Crippen LogP contribution in [0.3, 0.4) is 0 Å². The van der Waals surface area contributed by atoms with E-state index in [1.807, 2.05) is 26.1 Å². The van der Waals surface area contributed by atoms with Crippen molar-refractivity contribution < 1.29 is 29.0 Å². The van der Waals surface area contributed by atoms with Gasteiger partial charge in [-0.05, 0) is 105 Å². The summed E-state index contributed by atoms with van der Waals surface area (Å²) in [5.41, 5.74) is 1.51. The molecule has 7 rings (SSSR count). The maximum atomic E-state index is 15.0. The molecule has 1 fully saturated rings. The Balaban J connectivity index is 1.21. The molecule has 3 aliphatic carbocycles. The van der Waals surface area contributed by atoms with Crippen LogP contribution in [-0.2, 0) is 20.7 Å². The summed E-state index contributed by atoms with van der Waals surface area (Å²) in [5.74, 6) is 0.491. The highest BCUT2D eigenvalue weighted by molar-refractivity contribution is 6.33. The first-order valence-electron chi connectivity index (χ1n) is 20.7. The van der Waals surface area contributed by atoms with Gasteiger partial charge in [-0.3, -0.25) is 9.59 Å². The number of rotatable bonds is 11. The zero-order valence-corrected chi connectivity index (χ0v) is 33.1. The molecule has 296 valence electrons. The van der Waals surface area contributed by atoms with E-state index in [-0.39, 0.29) is 43.3 Å². The van der Waals surface area contributed by atoms with Crippen LogP contribution in [-0.4, -0.2) is 79.9 Å². The van der Waals surface area contributed by atoms with E-state index < -0.39 is 23.0 Å². The van der Waals surface area contributed by atoms with Gasteiger partial charge in [-0.1, -0.05) is 81.2 Å². The van der Waals surface area contributed by atoms with Gasteiger partial charge in [0, 0.05) is 36.1 Å². The zero-order valence-electron chi connectivity index (χ0n) is 33.1. The fourth-order valence-corrected chi connectivity index (χ4v) is 9.92. The molecular weight excluding hydrogens is 693 g/mol. The van der Waals surface area contributed by atoms with Crippen molar-refractivity contribution in [2.75, 3.05) is 40.0 Å². The minimum Gasteiger partial charge on any atom is -0.463 e. The van der Waals surface area contributed by atoms with Crippen LogP contribution < -0.4 is 21.3 Å². The van der Waals surface area contributed by atoms with Crippen LogP contribution in [0.15, 0.2) is 76.7 Å². The number of nitrogens with one attached hydrogen (secondary N) is 4. The van der Waals surface area contributed by atoms with Crippen molar-refractivity contribution in [1.82, 2.24) is 21.3 Å². The third kappa shape index (κ3) is 7.55. The van der Waals surface area contributed by atoms with Crippen molar-refractivity contribution in [3.8, 4) is 0 Å². The third-order valence-electron chi connectivity index (χ3n) is 13.1. The lowest BCUT2D eigenvalue weighted by atomic mass is 9.68. The average molecular weight is 753 g/mol. The van der Waals surface area contributed by atoms with Gasteiger partial charge in [0.25, 0.3) is 5.60 Å². The predicted octanol–water partition coefficient (Wildman–Crippen LogP) is 5.60. The van der Waals surface area contributed by atoms with E-state index in [1.54, 1.807) is 6.07 Å². The number of aliphatic hydroxyl groups excluding tert-OH is 1. The SMILES string of the molecule is CCNC1C=C2C=CCC3CCCCC(C)Cc4cccc5c4C(=O)C4(OC4(CC(CO)=C(C)CCC4=CCNC(NCNC)=C4)C5=O)C(=O)OCC1CC23. The largest absolute Gasteiger partial charge is 0.463 e. The fourth-order valence-electron chi connectivity index (χ4n) is 9.92. The molecule has 10 heteroatoms. The van der Waals surface area contributed by atoms with Crippen molar-refractivity contribution in [3.05, 3.63) is 93.4 Å². The number of aliphatic hydroxyl groups is 1. The molecular formula is C45H60N4O6. The molecule has 3 aliphatic heterocycles. The Morgan fingerprint density at radius 1 is 1.11 bits per heavy atom. The highest BCUT2D eigenvalue weighted by Gasteiger charge is 2.85. The summed E-state index contributed by atoms with van der Waals surface area (Å²) in [6.45, 7) is 8.14. The molecule has 5 N–H and O–H groups in total. The van der Waals surface area contributed by atoms with E-state index in [4.69, 9.17) is 9.47 Å². The van der Waals surface area contributed by atoms with Gasteiger partial charge in [0.2, 0.25) is 5.78 Å². The minimum atomic E-state index is -2.10. The Morgan fingerprint density at radius 2 is 1.95 bits per heavy atom. The number of allylic oxidation sites excluding steroid dienone is 6. The van der Waals surface area contributed by atoms with Crippen LogP contribution >= 0.6 is 0 Å². The lowest BCUT2D eigenvalue weighted by Crippen LogP contribution is -2.52. The smallest absolute Gasteiger partial charge is 0.350 e. The van der Waals surface area contributed by atoms with E-state index in [2.05, 4.69) is 65.5 Å². The first-order valence-corrected chi connectivity index (χ1v) is 20.7. The maximum absolute atomic E-state index is 15.0. The summed E-state index contributed by atoms with van der Waals surface area (Å²) in [6.07, 6.45) is 19.4. The second kappa shape index (κ2) is 16.7. The standard InChI is InChI=1S/C45H60N4O6/c1-5-47-38-23-32-13-8-12-31-11-7-6-10-28(2)20-33-14-9-15-36-40(33)42(52)45(43(53)54-26-34(38)22-37(31)32)44(55-45,41(36)51)24-35(25-50)29(3)16-17-30-18-19-48-39(21-30)49-27-46-4/h8-9,13-15,18,21,23,28,31,34,37-38,46-50H,5-7,10-12,16-17,19-20,22,24-27H2,1-4H3. The number of hydrogen-bond acceptors (Lipinski definition) is 10. The van der Waals surface area contributed by atoms with Crippen molar-refractivity contribution in [2.45, 2.75) is 102 Å². The highest BCUT2D eigenvalue weighted by atomic mass is 16.7. The number of carbonyl (C=O) groups excluding carboxylic acids is 3. The van der Waals surface area contributed by atoms with Gasteiger partial charge >= 0.3 is 5.97 Å². The predicted molar refractivity (Wildman–Crippen MR) is 213 cm³/mol. The normalized spacial score (nSPS) is 32.1. The quantitative estimate of drug-likeness (QED) is 0.0638. The van der Waals surface area contributed by atoms with E-state index >= 15 is 0 Å². The molecule has 6 aliphatic rings. The lowest BCUT2D eigenvalue weighted by molar-refractivity contribution is -0.150. The number of ketones is 2. The topological polar surface area (TPSA) is 141 Å². The molecule has 0 amide bonds. The van der Waals surface area contributed by atoms with Crippen LogP contribution in [0.4, 0.5) is 0 Å². The molecule has 7 unspecified atom stereocenters. The van der Waals surface area contributed by atoms with Crippen LogP contribution in [0.25, 0.3) is 0 Å². The molecule has 0 saturated carbocycles. The number of likely N-dealkylation sites (N-methyl/N-ethyl adjacent to an activating group) is 1. The van der Waals surface area contributed by atoms with Crippen molar-refractivity contribution in [3.63, 3.8) is 0 Å². The van der Waals surface area contributed by atoms with E-state index in [0.29, 0.717) is 54.6 Å². The molecule has 0 aromatic heterocycles. The number of ether oxygens (including phenoxy) is 2. The van der Waals surface area contributed by atoms with Crippen LogP contribution in [0.5, 0.6) is 0 Å². The lowest BCUT2D eigenvalue weighted by Gasteiger charge is -2.40.